The number of carbonyl (C=O) groups is 2. The lowest BCUT2D eigenvalue weighted by Gasteiger charge is -2.30. The molecule has 1 aromatic heterocycles. The number of aliphatic carboxylic acids is 1. The van der Waals surface area contributed by atoms with Gasteiger partial charge in [0.2, 0.25) is 5.91 Å². The quantitative estimate of drug-likeness (QED) is 0.925. The number of piperidine rings is 1. The fourth-order valence-electron chi connectivity index (χ4n) is 2.76. The van der Waals surface area contributed by atoms with Crippen LogP contribution in [0.5, 0.6) is 0 Å². The number of para-hydroxylation sites is 2. The predicted octanol–water partition coefficient (Wildman–Crippen LogP) is 1.36. The minimum Gasteiger partial charge on any atom is -0.481 e. The third kappa shape index (κ3) is 2.74. The topological polar surface area (TPSA) is 75.4 Å². The number of amides is 1. The summed E-state index contributed by atoms with van der Waals surface area (Å²) in [5.41, 5.74) is 1.81. The number of nitrogens with zero attached hydrogens (tertiary/aromatic N) is 3. The Morgan fingerprint density at radius 2 is 1.95 bits per heavy atom. The largest absolute Gasteiger partial charge is 0.481 e. The van der Waals surface area contributed by atoms with Crippen LogP contribution in [0.15, 0.2) is 30.6 Å². The van der Waals surface area contributed by atoms with Crippen molar-refractivity contribution in [2.45, 2.75) is 19.4 Å². The number of benzene rings is 1. The van der Waals surface area contributed by atoms with Gasteiger partial charge in [-0.15, -0.1) is 0 Å². The average Bonchev–Trinajstić information content (AvgIpc) is 2.91. The lowest BCUT2D eigenvalue weighted by molar-refractivity contribution is -0.145. The van der Waals surface area contributed by atoms with Crippen LogP contribution >= 0.6 is 0 Å². The number of carboxylic acid groups (broad SMARTS) is 1. The third-order valence-electron chi connectivity index (χ3n) is 4.03. The Morgan fingerprint density at radius 3 is 2.67 bits per heavy atom. The molecular weight excluding hydrogens is 270 g/mol. The normalized spacial score (nSPS) is 16.3. The molecule has 110 valence electrons. The van der Waals surface area contributed by atoms with Crippen LogP contribution in [0.3, 0.4) is 0 Å². The predicted molar refractivity (Wildman–Crippen MR) is 76.7 cm³/mol. The SMILES string of the molecule is O=C(O)C1CCN(C(=O)Cn2cnc3ccccc32)CC1. The molecule has 21 heavy (non-hydrogen) atoms. The van der Waals surface area contributed by atoms with Crippen molar-refractivity contribution >= 4 is 22.9 Å². The first kappa shape index (κ1) is 13.6. The van der Waals surface area contributed by atoms with Gasteiger partial charge >= 0.3 is 5.97 Å². The van der Waals surface area contributed by atoms with Gasteiger partial charge in [-0.2, -0.15) is 0 Å². The van der Waals surface area contributed by atoms with Crippen LogP contribution in [0, 0.1) is 5.92 Å². The second-order valence-corrected chi connectivity index (χ2v) is 5.35. The highest BCUT2D eigenvalue weighted by molar-refractivity contribution is 5.81. The molecule has 2 heterocycles. The van der Waals surface area contributed by atoms with Crippen molar-refractivity contribution in [2.24, 2.45) is 5.92 Å². The summed E-state index contributed by atoms with van der Waals surface area (Å²) in [5, 5.41) is 8.97. The number of hydrogen-bond acceptors (Lipinski definition) is 3. The van der Waals surface area contributed by atoms with E-state index in [1.165, 1.54) is 0 Å². The molecule has 1 aliphatic heterocycles. The Kier molecular flexibility index (Phi) is 3.60. The zero-order chi connectivity index (χ0) is 14.8. The van der Waals surface area contributed by atoms with Gasteiger partial charge in [-0.05, 0) is 25.0 Å². The van der Waals surface area contributed by atoms with Gasteiger partial charge in [0.15, 0.2) is 0 Å². The first-order valence-electron chi connectivity index (χ1n) is 7.05. The molecular formula is C15H17N3O3. The molecule has 1 fully saturated rings. The van der Waals surface area contributed by atoms with E-state index < -0.39 is 5.97 Å². The average molecular weight is 287 g/mol. The molecule has 0 bridgehead atoms. The van der Waals surface area contributed by atoms with Crippen LogP contribution in [0.25, 0.3) is 11.0 Å². The van der Waals surface area contributed by atoms with E-state index in [1.54, 1.807) is 11.2 Å². The van der Waals surface area contributed by atoms with Crippen LogP contribution in [0.1, 0.15) is 12.8 Å². The minimum absolute atomic E-state index is 0.0157. The summed E-state index contributed by atoms with van der Waals surface area (Å²) in [7, 11) is 0. The molecule has 0 unspecified atom stereocenters. The highest BCUT2D eigenvalue weighted by Gasteiger charge is 2.27. The molecule has 1 aliphatic rings. The molecule has 1 amide bonds. The van der Waals surface area contributed by atoms with Crippen LogP contribution < -0.4 is 0 Å². The first-order valence-corrected chi connectivity index (χ1v) is 7.05. The number of carbonyl (C=O) groups excluding carboxylic acids is 1. The number of fused-ring (bicyclic) bond motifs is 1. The molecule has 0 atom stereocenters. The van der Waals surface area contributed by atoms with Gasteiger partial charge in [-0.3, -0.25) is 9.59 Å². The van der Waals surface area contributed by atoms with Gasteiger partial charge in [-0.25, -0.2) is 4.98 Å². The highest BCUT2D eigenvalue weighted by atomic mass is 16.4. The zero-order valence-corrected chi connectivity index (χ0v) is 11.6. The van der Waals surface area contributed by atoms with Gasteiger partial charge in [-0.1, -0.05) is 12.1 Å². The van der Waals surface area contributed by atoms with Crippen LogP contribution in [-0.4, -0.2) is 44.5 Å². The molecule has 6 heteroatoms. The summed E-state index contributed by atoms with van der Waals surface area (Å²) in [6.45, 7) is 1.28. The standard InChI is InChI=1S/C15H17N3O3/c19-14(17-7-5-11(6-8-17)15(20)21)9-18-10-16-12-3-1-2-4-13(12)18/h1-4,10-11H,5-9H2,(H,20,21). The Morgan fingerprint density at radius 1 is 1.24 bits per heavy atom. The summed E-state index contributed by atoms with van der Waals surface area (Å²) in [4.78, 5) is 29.2. The van der Waals surface area contributed by atoms with Gasteiger partial charge in [0, 0.05) is 13.1 Å². The number of carboxylic acids is 1. The van der Waals surface area contributed by atoms with Gasteiger partial charge in [0.1, 0.15) is 6.54 Å². The molecule has 3 rings (SSSR count). The second kappa shape index (κ2) is 5.55. The number of likely N-dealkylation sites (tertiary alicyclic amines) is 1. The van der Waals surface area contributed by atoms with Crippen molar-refractivity contribution in [3.8, 4) is 0 Å². The molecule has 1 saturated heterocycles. The maximum atomic E-state index is 12.3. The maximum absolute atomic E-state index is 12.3. The van der Waals surface area contributed by atoms with Crippen molar-refractivity contribution in [2.75, 3.05) is 13.1 Å². The third-order valence-corrected chi connectivity index (χ3v) is 4.03. The van der Waals surface area contributed by atoms with Crippen LogP contribution in [-0.2, 0) is 16.1 Å². The van der Waals surface area contributed by atoms with Crippen LogP contribution in [0.4, 0.5) is 0 Å². The smallest absolute Gasteiger partial charge is 0.306 e. The monoisotopic (exact) mass is 287 g/mol. The minimum atomic E-state index is -0.761. The second-order valence-electron chi connectivity index (χ2n) is 5.35. The maximum Gasteiger partial charge on any atom is 0.306 e. The highest BCUT2D eigenvalue weighted by Crippen LogP contribution is 2.18. The summed E-state index contributed by atoms with van der Waals surface area (Å²) in [6, 6.07) is 7.68. The Hall–Kier alpha value is -2.37. The number of hydrogen-bond donors (Lipinski definition) is 1. The number of aromatic nitrogens is 2. The van der Waals surface area contributed by atoms with Gasteiger partial charge in [0.25, 0.3) is 0 Å². The molecule has 1 aromatic carbocycles. The molecule has 0 spiro atoms. The van der Waals surface area contributed by atoms with E-state index in [0.717, 1.165) is 11.0 Å². The van der Waals surface area contributed by atoms with Gasteiger partial charge < -0.3 is 14.6 Å². The molecule has 0 radical (unpaired) electrons. The number of rotatable bonds is 3. The lowest BCUT2D eigenvalue weighted by Crippen LogP contribution is -2.41. The summed E-state index contributed by atoms with van der Waals surface area (Å²) < 4.78 is 1.83. The van der Waals surface area contributed by atoms with E-state index in [2.05, 4.69) is 4.98 Å². The molecule has 1 N–H and O–H groups in total. The summed E-state index contributed by atoms with van der Waals surface area (Å²) in [6.07, 6.45) is 2.74. The van der Waals surface area contributed by atoms with Crippen molar-refractivity contribution in [1.82, 2.24) is 14.5 Å². The lowest BCUT2D eigenvalue weighted by atomic mass is 9.97. The van der Waals surface area contributed by atoms with Crippen molar-refractivity contribution < 1.29 is 14.7 Å². The first-order chi connectivity index (χ1) is 10.1. The molecule has 0 aliphatic carbocycles. The van der Waals surface area contributed by atoms with Gasteiger partial charge in [0.05, 0.1) is 23.3 Å². The molecule has 6 nitrogen and oxygen atoms in total. The number of imidazole rings is 1. The Balaban J connectivity index is 1.66. The van der Waals surface area contributed by atoms with Crippen molar-refractivity contribution in [3.05, 3.63) is 30.6 Å². The fraction of sp³-hybridized carbons (Fsp3) is 0.400. The van der Waals surface area contributed by atoms with E-state index in [1.807, 2.05) is 28.8 Å². The summed E-state index contributed by atoms with van der Waals surface area (Å²) in [5.74, 6) is -1.06. The van der Waals surface area contributed by atoms with Crippen molar-refractivity contribution in [3.63, 3.8) is 0 Å². The Bertz CT molecular complexity index is 672. The van der Waals surface area contributed by atoms with E-state index in [4.69, 9.17) is 5.11 Å². The van der Waals surface area contributed by atoms with E-state index >= 15 is 0 Å². The summed E-state index contributed by atoms with van der Waals surface area (Å²) >= 11 is 0. The zero-order valence-electron chi connectivity index (χ0n) is 11.6. The molecule has 2 aromatic rings. The van der Waals surface area contributed by atoms with E-state index in [0.29, 0.717) is 25.9 Å². The molecule has 0 saturated carbocycles. The van der Waals surface area contributed by atoms with E-state index in [-0.39, 0.29) is 18.4 Å². The van der Waals surface area contributed by atoms with Crippen molar-refractivity contribution in [1.29, 1.82) is 0 Å². The Labute approximate surface area is 122 Å². The van der Waals surface area contributed by atoms with Crippen LogP contribution in [0.2, 0.25) is 0 Å². The fourth-order valence-corrected chi connectivity index (χ4v) is 2.76. The van der Waals surface area contributed by atoms with E-state index in [9.17, 15) is 9.59 Å².